The first-order valence-corrected chi connectivity index (χ1v) is 4.87. The van der Waals surface area contributed by atoms with Gasteiger partial charge in [0.15, 0.2) is 0 Å². The molecular weight excluding hydrogens is 228 g/mol. The van der Waals surface area contributed by atoms with Crippen molar-refractivity contribution in [3.05, 3.63) is 35.5 Å². The second kappa shape index (κ2) is 4.24. The van der Waals surface area contributed by atoms with Gasteiger partial charge in [-0.15, -0.1) is 0 Å². The van der Waals surface area contributed by atoms with Crippen LogP contribution in [0, 0.1) is 0 Å². The van der Waals surface area contributed by atoms with E-state index in [4.69, 9.17) is 22.4 Å². The van der Waals surface area contributed by atoms with E-state index in [0.29, 0.717) is 11.8 Å². The molecular formula is C10H9ClN4O. The number of nitrogen functional groups attached to an aromatic ring is 1. The van der Waals surface area contributed by atoms with Gasteiger partial charge in [0, 0.05) is 11.8 Å². The number of anilines is 3. The molecule has 0 saturated heterocycles. The molecule has 4 N–H and O–H groups in total. The van der Waals surface area contributed by atoms with Crippen molar-refractivity contribution in [1.29, 1.82) is 0 Å². The summed E-state index contributed by atoms with van der Waals surface area (Å²) in [5.41, 5.74) is 6.26. The second-order valence-electron chi connectivity index (χ2n) is 3.11. The highest BCUT2D eigenvalue weighted by Gasteiger charge is 2.01. The molecule has 0 fully saturated rings. The topological polar surface area (TPSA) is 84.1 Å². The number of benzene rings is 1. The highest BCUT2D eigenvalue weighted by molar-refractivity contribution is 6.29. The first kappa shape index (κ1) is 10.5. The Kier molecular flexibility index (Phi) is 2.78. The molecule has 1 heterocycles. The molecule has 0 spiro atoms. The molecule has 0 amide bonds. The van der Waals surface area contributed by atoms with E-state index in [2.05, 4.69) is 15.3 Å². The fourth-order valence-corrected chi connectivity index (χ4v) is 1.36. The van der Waals surface area contributed by atoms with Gasteiger partial charge in [-0.1, -0.05) is 11.6 Å². The standard InChI is InChI=1S/C10H9ClN4O/c11-8-5-9(12)15-10(14-8)13-6-1-3-7(16)4-2-6/h1-5,16H,(H3,12,13,14,15). The molecule has 16 heavy (non-hydrogen) atoms. The Bertz CT molecular complexity index is 480. The normalized spacial score (nSPS) is 10.1. The number of nitrogens with one attached hydrogen (secondary N) is 1. The van der Waals surface area contributed by atoms with Crippen LogP contribution in [0.2, 0.25) is 5.15 Å². The predicted octanol–water partition coefficient (Wildman–Crippen LogP) is 2.16. The van der Waals surface area contributed by atoms with Crippen LogP contribution in [0.15, 0.2) is 30.3 Å². The number of phenols is 1. The van der Waals surface area contributed by atoms with E-state index >= 15 is 0 Å². The van der Waals surface area contributed by atoms with Crippen molar-refractivity contribution >= 4 is 29.1 Å². The summed E-state index contributed by atoms with van der Waals surface area (Å²) in [7, 11) is 0. The first-order chi connectivity index (χ1) is 7.63. The number of aromatic nitrogens is 2. The summed E-state index contributed by atoms with van der Waals surface area (Å²) in [6.45, 7) is 0. The van der Waals surface area contributed by atoms with E-state index in [1.165, 1.54) is 6.07 Å². The maximum absolute atomic E-state index is 9.11. The zero-order valence-electron chi connectivity index (χ0n) is 8.18. The third-order valence-electron chi connectivity index (χ3n) is 1.84. The number of aromatic hydroxyl groups is 1. The van der Waals surface area contributed by atoms with Crippen molar-refractivity contribution in [2.24, 2.45) is 0 Å². The summed E-state index contributed by atoms with van der Waals surface area (Å²) in [5.74, 6) is 0.800. The summed E-state index contributed by atoms with van der Waals surface area (Å²) in [4.78, 5) is 7.91. The Morgan fingerprint density at radius 3 is 2.50 bits per heavy atom. The highest BCUT2D eigenvalue weighted by atomic mass is 35.5. The summed E-state index contributed by atoms with van der Waals surface area (Å²) in [6, 6.07) is 7.95. The quantitative estimate of drug-likeness (QED) is 0.550. The van der Waals surface area contributed by atoms with Crippen molar-refractivity contribution in [3.8, 4) is 5.75 Å². The second-order valence-corrected chi connectivity index (χ2v) is 3.50. The SMILES string of the molecule is Nc1cc(Cl)nc(Nc2ccc(O)cc2)n1. The number of phenolic OH excluding ortho intramolecular Hbond substituents is 1. The molecule has 1 aromatic carbocycles. The number of nitrogens with two attached hydrogens (primary N) is 1. The molecule has 1 aromatic heterocycles. The Balaban J connectivity index is 2.23. The first-order valence-electron chi connectivity index (χ1n) is 4.49. The van der Waals surface area contributed by atoms with Gasteiger partial charge in [-0.25, -0.2) is 4.98 Å². The summed E-state index contributed by atoms with van der Waals surface area (Å²) in [6.07, 6.45) is 0. The number of hydrogen-bond acceptors (Lipinski definition) is 5. The maximum atomic E-state index is 9.11. The van der Waals surface area contributed by atoms with Gasteiger partial charge < -0.3 is 16.2 Å². The van der Waals surface area contributed by atoms with Crippen molar-refractivity contribution in [2.45, 2.75) is 0 Å². The van der Waals surface area contributed by atoms with E-state index in [1.54, 1.807) is 24.3 Å². The van der Waals surface area contributed by atoms with E-state index in [-0.39, 0.29) is 10.9 Å². The molecule has 0 aliphatic carbocycles. The predicted molar refractivity (Wildman–Crippen MR) is 62.8 cm³/mol. The van der Waals surface area contributed by atoms with Gasteiger partial charge in [0.2, 0.25) is 5.95 Å². The Morgan fingerprint density at radius 2 is 1.88 bits per heavy atom. The fraction of sp³-hybridized carbons (Fsp3) is 0. The minimum atomic E-state index is 0.192. The van der Waals surface area contributed by atoms with Crippen LogP contribution in [0.25, 0.3) is 0 Å². The average molecular weight is 237 g/mol. The van der Waals surface area contributed by atoms with Crippen molar-refractivity contribution in [3.63, 3.8) is 0 Å². The number of halogens is 1. The van der Waals surface area contributed by atoms with E-state index in [9.17, 15) is 0 Å². The number of nitrogens with zero attached hydrogens (tertiary/aromatic N) is 2. The molecule has 2 rings (SSSR count). The van der Waals surface area contributed by atoms with Crippen LogP contribution in [0.3, 0.4) is 0 Å². The van der Waals surface area contributed by atoms with Gasteiger partial charge in [-0.05, 0) is 24.3 Å². The lowest BCUT2D eigenvalue weighted by Gasteiger charge is -2.05. The van der Waals surface area contributed by atoms with Crippen LogP contribution in [-0.4, -0.2) is 15.1 Å². The van der Waals surface area contributed by atoms with E-state index < -0.39 is 0 Å². The Hall–Kier alpha value is -2.01. The van der Waals surface area contributed by atoms with Gasteiger partial charge in [0.1, 0.15) is 16.7 Å². The Morgan fingerprint density at radius 1 is 1.19 bits per heavy atom. The van der Waals surface area contributed by atoms with Crippen LogP contribution >= 0.6 is 11.6 Å². The molecule has 0 radical (unpaired) electrons. The average Bonchev–Trinajstić information content (AvgIpc) is 2.20. The lowest BCUT2D eigenvalue weighted by atomic mass is 10.3. The number of rotatable bonds is 2. The monoisotopic (exact) mass is 236 g/mol. The molecule has 82 valence electrons. The van der Waals surface area contributed by atoms with Crippen molar-refractivity contribution < 1.29 is 5.11 Å². The smallest absolute Gasteiger partial charge is 0.230 e. The summed E-state index contributed by atoms with van der Waals surface area (Å²) in [5, 5.41) is 12.3. The zero-order chi connectivity index (χ0) is 11.5. The molecule has 0 bridgehead atoms. The summed E-state index contributed by atoms with van der Waals surface area (Å²) < 4.78 is 0. The van der Waals surface area contributed by atoms with Gasteiger partial charge >= 0.3 is 0 Å². The number of hydrogen-bond donors (Lipinski definition) is 3. The van der Waals surface area contributed by atoms with Crippen LogP contribution in [0.5, 0.6) is 5.75 Å². The van der Waals surface area contributed by atoms with Crippen LogP contribution in [0.1, 0.15) is 0 Å². The van der Waals surface area contributed by atoms with Crippen LogP contribution in [-0.2, 0) is 0 Å². The van der Waals surface area contributed by atoms with Gasteiger partial charge in [-0.2, -0.15) is 4.98 Å². The molecule has 0 aliphatic heterocycles. The molecule has 2 aromatic rings. The van der Waals surface area contributed by atoms with Crippen LogP contribution < -0.4 is 11.1 Å². The zero-order valence-corrected chi connectivity index (χ0v) is 8.94. The third kappa shape index (κ3) is 2.52. The van der Waals surface area contributed by atoms with Gasteiger partial charge in [0.25, 0.3) is 0 Å². The molecule has 0 saturated carbocycles. The van der Waals surface area contributed by atoms with Gasteiger partial charge in [-0.3, -0.25) is 0 Å². The lowest BCUT2D eigenvalue weighted by Crippen LogP contribution is -2.00. The molecule has 0 atom stereocenters. The fourth-order valence-electron chi connectivity index (χ4n) is 1.16. The third-order valence-corrected chi connectivity index (χ3v) is 2.03. The maximum Gasteiger partial charge on any atom is 0.230 e. The molecule has 6 heteroatoms. The van der Waals surface area contributed by atoms with Crippen LogP contribution in [0.4, 0.5) is 17.5 Å². The summed E-state index contributed by atoms with van der Waals surface area (Å²) >= 11 is 5.73. The highest BCUT2D eigenvalue weighted by Crippen LogP contribution is 2.18. The molecule has 0 unspecified atom stereocenters. The van der Waals surface area contributed by atoms with E-state index in [1.807, 2.05) is 0 Å². The van der Waals surface area contributed by atoms with Crippen molar-refractivity contribution in [2.75, 3.05) is 11.1 Å². The van der Waals surface area contributed by atoms with E-state index in [0.717, 1.165) is 5.69 Å². The molecule has 0 aliphatic rings. The van der Waals surface area contributed by atoms with Gasteiger partial charge in [0.05, 0.1) is 0 Å². The van der Waals surface area contributed by atoms with Crippen molar-refractivity contribution in [1.82, 2.24) is 9.97 Å². The Labute approximate surface area is 96.9 Å². The molecule has 5 nitrogen and oxygen atoms in total. The minimum absolute atomic E-state index is 0.192. The largest absolute Gasteiger partial charge is 0.508 e. The minimum Gasteiger partial charge on any atom is -0.508 e. The lowest BCUT2D eigenvalue weighted by molar-refractivity contribution is 0.475.